The number of carbonyl (C=O) groups is 1. The highest BCUT2D eigenvalue weighted by Gasteiger charge is 2.13. The molecule has 6 nitrogen and oxygen atoms in total. The maximum atomic E-state index is 12.2. The molecule has 0 saturated heterocycles. The summed E-state index contributed by atoms with van der Waals surface area (Å²) in [5.41, 5.74) is 1.41. The smallest absolute Gasteiger partial charge is 0.287 e. The number of methoxy groups -OCH3 is 1. The second-order valence-electron chi connectivity index (χ2n) is 6.17. The molecule has 144 valence electrons. The number of aromatic nitrogens is 1. The highest BCUT2D eigenvalue weighted by atomic mass is 16.5. The molecule has 0 aliphatic heterocycles. The van der Waals surface area contributed by atoms with Crippen LogP contribution in [0.5, 0.6) is 11.5 Å². The van der Waals surface area contributed by atoms with Gasteiger partial charge in [0.05, 0.1) is 19.2 Å². The largest absolute Gasteiger partial charge is 0.493 e. The molecule has 0 radical (unpaired) electrons. The summed E-state index contributed by atoms with van der Waals surface area (Å²) >= 11 is 0. The molecule has 0 aliphatic carbocycles. The van der Waals surface area contributed by atoms with E-state index in [0.29, 0.717) is 17.1 Å². The number of carbonyl (C=O) groups excluding carboxylic acids is 1. The second-order valence-corrected chi connectivity index (χ2v) is 6.17. The van der Waals surface area contributed by atoms with Crippen molar-refractivity contribution in [3.8, 4) is 23.3 Å². The molecule has 2 aromatic heterocycles. The first-order valence-corrected chi connectivity index (χ1v) is 9.02. The zero-order valence-electron chi connectivity index (χ0n) is 15.8. The Bertz CT molecular complexity index is 1230. The topological polar surface area (TPSA) is 73.6 Å². The van der Waals surface area contributed by atoms with Gasteiger partial charge in [-0.25, -0.2) is 0 Å². The van der Waals surface area contributed by atoms with E-state index in [-0.39, 0.29) is 24.8 Å². The van der Waals surface area contributed by atoms with Crippen molar-refractivity contribution in [1.29, 1.82) is 0 Å². The zero-order chi connectivity index (χ0) is 20.1. The van der Waals surface area contributed by atoms with E-state index in [1.165, 1.54) is 0 Å². The van der Waals surface area contributed by atoms with Crippen LogP contribution in [0.4, 0.5) is 0 Å². The highest BCUT2D eigenvalue weighted by molar-refractivity contribution is 5.97. The molecule has 0 spiro atoms. The predicted molar refractivity (Wildman–Crippen MR) is 110 cm³/mol. The van der Waals surface area contributed by atoms with Crippen LogP contribution in [-0.2, 0) is 0 Å². The lowest BCUT2D eigenvalue weighted by Crippen LogP contribution is -2.23. The number of nitrogens with one attached hydrogen (secondary N) is 1. The third-order valence-corrected chi connectivity index (χ3v) is 4.30. The quantitative estimate of drug-likeness (QED) is 0.528. The third kappa shape index (κ3) is 4.14. The Morgan fingerprint density at radius 3 is 2.90 bits per heavy atom. The summed E-state index contributed by atoms with van der Waals surface area (Å²) in [6, 6.07) is 16.7. The Balaban J connectivity index is 1.30. The summed E-state index contributed by atoms with van der Waals surface area (Å²) in [5.74, 6) is 6.90. The molecule has 0 saturated carbocycles. The van der Waals surface area contributed by atoms with Crippen LogP contribution < -0.4 is 14.8 Å². The highest BCUT2D eigenvalue weighted by Crippen LogP contribution is 2.28. The second kappa shape index (κ2) is 8.36. The molecule has 0 fully saturated rings. The summed E-state index contributed by atoms with van der Waals surface area (Å²) in [7, 11) is 1.56. The fraction of sp³-hybridized carbons (Fsp3) is 0.130. The van der Waals surface area contributed by atoms with Crippen LogP contribution in [0.1, 0.15) is 10.6 Å². The van der Waals surface area contributed by atoms with Crippen LogP contribution in [0.2, 0.25) is 0 Å². The Morgan fingerprint density at radius 1 is 1.10 bits per heavy atom. The first kappa shape index (κ1) is 18.4. The lowest BCUT2D eigenvalue weighted by molar-refractivity contribution is 0.0933. The molecule has 0 unspecified atom stereocenters. The van der Waals surface area contributed by atoms with Crippen LogP contribution in [0.3, 0.4) is 0 Å². The molecule has 0 bridgehead atoms. The Labute approximate surface area is 167 Å². The molecule has 1 N–H and O–H groups in total. The molecule has 2 heterocycles. The molecule has 0 atom stereocenters. The molecular formula is C23H18N2O4. The van der Waals surface area contributed by atoms with E-state index in [0.717, 1.165) is 16.3 Å². The number of pyridine rings is 1. The van der Waals surface area contributed by atoms with E-state index < -0.39 is 0 Å². The third-order valence-electron chi connectivity index (χ3n) is 4.30. The summed E-state index contributed by atoms with van der Waals surface area (Å²) in [6.07, 6.45) is 1.74. The lowest BCUT2D eigenvalue weighted by atomic mass is 10.2. The maximum Gasteiger partial charge on any atom is 0.287 e. The van der Waals surface area contributed by atoms with E-state index in [1.807, 2.05) is 42.5 Å². The molecule has 4 aromatic rings. The van der Waals surface area contributed by atoms with Crippen LogP contribution in [0, 0.1) is 11.8 Å². The van der Waals surface area contributed by atoms with Crippen LogP contribution in [-0.4, -0.2) is 31.2 Å². The van der Waals surface area contributed by atoms with Crippen molar-refractivity contribution >= 4 is 27.8 Å². The minimum absolute atomic E-state index is 0.190. The molecule has 6 heteroatoms. The average Bonchev–Trinajstić information content (AvgIpc) is 3.20. The molecule has 0 aliphatic rings. The van der Waals surface area contributed by atoms with Crippen molar-refractivity contribution in [3.63, 3.8) is 0 Å². The number of benzene rings is 2. The fourth-order valence-corrected chi connectivity index (χ4v) is 2.89. The van der Waals surface area contributed by atoms with E-state index in [4.69, 9.17) is 13.9 Å². The van der Waals surface area contributed by atoms with Crippen molar-refractivity contribution in [2.45, 2.75) is 0 Å². The van der Waals surface area contributed by atoms with Crippen molar-refractivity contribution in [2.75, 3.05) is 20.3 Å². The molecule has 29 heavy (non-hydrogen) atoms. The summed E-state index contributed by atoms with van der Waals surface area (Å²) in [4.78, 5) is 16.5. The van der Waals surface area contributed by atoms with Crippen molar-refractivity contribution < 1.29 is 18.7 Å². The van der Waals surface area contributed by atoms with Gasteiger partial charge in [0.15, 0.2) is 17.1 Å². The minimum Gasteiger partial charge on any atom is -0.493 e. The maximum absolute atomic E-state index is 12.2. The van der Waals surface area contributed by atoms with Gasteiger partial charge in [0.1, 0.15) is 12.4 Å². The van der Waals surface area contributed by atoms with Crippen molar-refractivity contribution in [2.24, 2.45) is 0 Å². The Morgan fingerprint density at radius 2 is 2.00 bits per heavy atom. The average molecular weight is 386 g/mol. The first-order chi connectivity index (χ1) is 14.2. The number of ether oxygens (including phenoxy) is 2. The van der Waals surface area contributed by atoms with Crippen LogP contribution in [0.25, 0.3) is 21.9 Å². The number of furan rings is 1. The normalized spacial score (nSPS) is 10.4. The Kier molecular flexibility index (Phi) is 5.30. The zero-order valence-corrected chi connectivity index (χ0v) is 15.8. The number of hydrogen-bond donors (Lipinski definition) is 1. The minimum atomic E-state index is -0.334. The van der Waals surface area contributed by atoms with Gasteiger partial charge in [-0.05, 0) is 30.3 Å². The molecule has 2 aromatic carbocycles. The molecular weight excluding hydrogens is 368 g/mol. The van der Waals surface area contributed by atoms with Gasteiger partial charge in [-0.1, -0.05) is 30.0 Å². The van der Waals surface area contributed by atoms with Gasteiger partial charge in [-0.2, -0.15) is 0 Å². The van der Waals surface area contributed by atoms with Gasteiger partial charge in [-0.15, -0.1) is 0 Å². The SMILES string of the molecule is COc1cccc2cc(C(=O)NCC#CCOc3ccc4cccnc4c3)oc12. The first-order valence-electron chi connectivity index (χ1n) is 9.02. The molecule has 1 amide bonds. The number of para-hydroxylation sites is 1. The van der Waals surface area contributed by atoms with E-state index in [2.05, 4.69) is 22.1 Å². The number of hydrogen-bond acceptors (Lipinski definition) is 5. The van der Waals surface area contributed by atoms with Gasteiger partial charge < -0.3 is 19.2 Å². The van der Waals surface area contributed by atoms with Gasteiger partial charge in [-0.3, -0.25) is 9.78 Å². The summed E-state index contributed by atoms with van der Waals surface area (Å²) in [5, 5.41) is 4.56. The lowest BCUT2D eigenvalue weighted by Gasteiger charge is -2.03. The number of rotatable bonds is 5. The van der Waals surface area contributed by atoms with Crippen molar-refractivity contribution in [1.82, 2.24) is 10.3 Å². The van der Waals surface area contributed by atoms with E-state index >= 15 is 0 Å². The van der Waals surface area contributed by atoms with E-state index in [9.17, 15) is 4.79 Å². The van der Waals surface area contributed by atoms with Gasteiger partial charge >= 0.3 is 0 Å². The Hall–Kier alpha value is -3.98. The van der Waals surface area contributed by atoms with Crippen LogP contribution in [0.15, 0.2) is 65.2 Å². The number of amides is 1. The predicted octanol–water partition coefficient (Wildman–Crippen LogP) is 3.80. The fourth-order valence-electron chi connectivity index (χ4n) is 2.89. The molecule has 4 rings (SSSR count). The standard InChI is InChI=1S/C23H18N2O4/c1-27-20-8-4-6-17-14-21(29-22(17)20)23(26)25-11-2-3-13-28-18-10-9-16-7-5-12-24-19(16)15-18/h4-10,12,14-15H,11,13H2,1H3,(H,25,26). The van der Waals surface area contributed by atoms with Gasteiger partial charge in [0.25, 0.3) is 5.91 Å². The number of nitrogens with zero attached hydrogens (tertiary/aromatic N) is 1. The van der Waals surface area contributed by atoms with Gasteiger partial charge in [0.2, 0.25) is 0 Å². The monoisotopic (exact) mass is 386 g/mol. The van der Waals surface area contributed by atoms with Crippen LogP contribution >= 0.6 is 0 Å². The number of fused-ring (bicyclic) bond motifs is 2. The van der Waals surface area contributed by atoms with Crippen molar-refractivity contribution in [3.05, 3.63) is 66.6 Å². The summed E-state index contributed by atoms with van der Waals surface area (Å²) < 4.78 is 16.5. The summed E-state index contributed by atoms with van der Waals surface area (Å²) in [6.45, 7) is 0.408. The van der Waals surface area contributed by atoms with Gasteiger partial charge in [0, 0.05) is 23.0 Å². The van der Waals surface area contributed by atoms with E-state index in [1.54, 1.807) is 25.4 Å².